The number of hydrogen-bond acceptors (Lipinski definition) is 3. The predicted molar refractivity (Wildman–Crippen MR) is 81.6 cm³/mol. The second-order valence-electron chi connectivity index (χ2n) is 4.96. The molecule has 20 heavy (non-hydrogen) atoms. The zero-order valence-electron chi connectivity index (χ0n) is 12.3. The molecular formula is C15H23N3O2. The number of carbonyl (C=O) groups is 2. The van der Waals surface area contributed by atoms with Gasteiger partial charge in [0.1, 0.15) is 0 Å². The third-order valence-corrected chi connectivity index (χ3v) is 2.93. The van der Waals surface area contributed by atoms with E-state index >= 15 is 0 Å². The fourth-order valence-electron chi connectivity index (χ4n) is 1.71. The quantitative estimate of drug-likeness (QED) is 0.744. The molecule has 0 bridgehead atoms. The highest BCUT2D eigenvalue weighted by atomic mass is 16.2. The summed E-state index contributed by atoms with van der Waals surface area (Å²) in [5.74, 6) is -0.251. The molecular weight excluding hydrogens is 254 g/mol. The smallest absolute Gasteiger partial charge is 0.226 e. The number of rotatable bonds is 6. The van der Waals surface area contributed by atoms with Gasteiger partial charge in [0.05, 0.1) is 0 Å². The lowest BCUT2D eigenvalue weighted by atomic mass is 10.1. The van der Waals surface area contributed by atoms with Gasteiger partial charge in [0.25, 0.3) is 0 Å². The summed E-state index contributed by atoms with van der Waals surface area (Å²) in [6, 6.07) is 5.54. The average molecular weight is 277 g/mol. The number of anilines is 2. The number of aryl methyl sites for hydroxylation is 1. The standard InChI is InChI=1S/C15H23N3O2/c1-4-11-5-6-12(17-15(20)10(2)3)9-13(11)18-14(19)7-8-16/h5-6,9-10H,4,7-8,16H2,1-3H3,(H,17,20)(H,18,19). The van der Waals surface area contributed by atoms with E-state index in [1.807, 2.05) is 32.9 Å². The molecule has 5 nitrogen and oxygen atoms in total. The molecule has 0 fully saturated rings. The van der Waals surface area contributed by atoms with E-state index in [-0.39, 0.29) is 24.2 Å². The van der Waals surface area contributed by atoms with Gasteiger partial charge < -0.3 is 16.4 Å². The maximum atomic E-state index is 11.7. The number of nitrogens with one attached hydrogen (secondary N) is 2. The Morgan fingerprint density at radius 2 is 1.95 bits per heavy atom. The van der Waals surface area contributed by atoms with Crippen LogP contribution < -0.4 is 16.4 Å². The number of nitrogens with two attached hydrogens (primary N) is 1. The van der Waals surface area contributed by atoms with Crippen LogP contribution in [0.4, 0.5) is 11.4 Å². The lowest BCUT2D eigenvalue weighted by Gasteiger charge is -2.13. The number of carbonyl (C=O) groups excluding carboxylic acids is 2. The molecule has 0 saturated heterocycles. The first-order valence-electron chi connectivity index (χ1n) is 6.91. The molecule has 110 valence electrons. The van der Waals surface area contributed by atoms with Crippen LogP contribution in [0.3, 0.4) is 0 Å². The van der Waals surface area contributed by atoms with E-state index in [0.29, 0.717) is 12.2 Å². The highest BCUT2D eigenvalue weighted by molar-refractivity contribution is 5.95. The monoisotopic (exact) mass is 277 g/mol. The fourth-order valence-corrected chi connectivity index (χ4v) is 1.71. The molecule has 5 heteroatoms. The summed E-state index contributed by atoms with van der Waals surface area (Å²) in [5, 5.41) is 5.66. The van der Waals surface area contributed by atoms with Crippen molar-refractivity contribution in [2.75, 3.05) is 17.2 Å². The lowest BCUT2D eigenvalue weighted by Crippen LogP contribution is -2.19. The molecule has 0 aliphatic rings. The van der Waals surface area contributed by atoms with E-state index in [2.05, 4.69) is 10.6 Å². The van der Waals surface area contributed by atoms with E-state index < -0.39 is 0 Å². The third-order valence-electron chi connectivity index (χ3n) is 2.93. The van der Waals surface area contributed by atoms with Crippen LogP contribution in [-0.4, -0.2) is 18.4 Å². The summed E-state index contributed by atoms with van der Waals surface area (Å²) < 4.78 is 0. The molecule has 0 atom stereocenters. The van der Waals surface area contributed by atoms with Gasteiger partial charge in [-0.15, -0.1) is 0 Å². The second kappa shape index (κ2) is 7.65. The summed E-state index contributed by atoms with van der Waals surface area (Å²) >= 11 is 0. The van der Waals surface area contributed by atoms with Crippen molar-refractivity contribution in [3.63, 3.8) is 0 Å². The van der Waals surface area contributed by atoms with E-state index in [1.165, 1.54) is 0 Å². The zero-order chi connectivity index (χ0) is 15.1. The van der Waals surface area contributed by atoms with Crippen molar-refractivity contribution in [2.45, 2.75) is 33.6 Å². The zero-order valence-corrected chi connectivity index (χ0v) is 12.3. The average Bonchev–Trinajstić information content (AvgIpc) is 2.39. The normalized spacial score (nSPS) is 10.4. The summed E-state index contributed by atoms with van der Waals surface area (Å²) in [6.07, 6.45) is 1.09. The van der Waals surface area contributed by atoms with Crippen LogP contribution in [0.2, 0.25) is 0 Å². The van der Waals surface area contributed by atoms with Gasteiger partial charge >= 0.3 is 0 Å². The first-order chi connectivity index (χ1) is 9.47. The van der Waals surface area contributed by atoms with Crippen molar-refractivity contribution in [3.05, 3.63) is 23.8 Å². The fraction of sp³-hybridized carbons (Fsp3) is 0.467. The van der Waals surface area contributed by atoms with E-state index in [4.69, 9.17) is 5.73 Å². The van der Waals surface area contributed by atoms with Crippen LogP contribution in [0.25, 0.3) is 0 Å². The minimum atomic E-state index is -0.116. The molecule has 0 aromatic heterocycles. The van der Waals surface area contributed by atoms with Crippen LogP contribution >= 0.6 is 0 Å². The van der Waals surface area contributed by atoms with E-state index in [9.17, 15) is 9.59 Å². The molecule has 1 aromatic rings. The largest absolute Gasteiger partial charge is 0.330 e. The van der Waals surface area contributed by atoms with Crippen molar-refractivity contribution in [1.82, 2.24) is 0 Å². The Bertz CT molecular complexity index is 484. The SMILES string of the molecule is CCc1ccc(NC(=O)C(C)C)cc1NC(=O)CCN. The van der Waals surface area contributed by atoms with Crippen molar-refractivity contribution in [3.8, 4) is 0 Å². The molecule has 1 aromatic carbocycles. The molecule has 0 saturated carbocycles. The van der Waals surface area contributed by atoms with Crippen LogP contribution in [0.1, 0.15) is 32.8 Å². The van der Waals surface area contributed by atoms with Crippen molar-refractivity contribution >= 4 is 23.2 Å². The highest BCUT2D eigenvalue weighted by Crippen LogP contribution is 2.22. The molecule has 0 radical (unpaired) electrons. The third kappa shape index (κ3) is 4.66. The second-order valence-corrected chi connectivity index (χ2v) is 4.96. The number of amides is 2. The van der Waals surface area contributed by atoms with Gasteiger partial charge in [0.2, 0.25) is 11.8 Å². The van der Waals surface area contributed by atoms with E-state index in [0.717, 1.165) is 17.7 Å². The van der Waals surface area contributed by atoms with Gasteiger partial charge in [-0.2, -0.15) is 0 Å². The Balaban J connectivity index is 2.90. The molecule has 0 unspecified atom stereocenters. The lowest BCUT2D eigenvalue weighted by molar-refractivity contribution is -0.119. The van der Waals surface area contributed by atoms with Gasteiger partial charge in [-0.3, -0.25) is 9.59 Å². The topological polar surface area (TPSA) is 84.2 Å². The summed E-state index contributed by atoms with van der Waals surface area (Å²) in [6.45, 7) is 6.00. The van der Waals surface area contributed by atoms with Crippen molar-refractivity contribution < 1.29 is 9.59 Å². The molecule has 1 rings (SSSR count). The molecule has 0 spiro atoms. The predicted octanol–water partition coefficient (Wildman–Crippen LogP) is 2.13. The summed E-state index contributed by atoms with van der Waals surface area (Å²) in [7, 11) is 0. The molecule has 2 amide bonds. The van der Waals surface area contributed by atoms with Crippen LogP contribution in [0.5, 0.6) is 0 Å². The maximum Gasteiger partial charge on any atom is 0.226 e. The Morgan fingerprint density at radius 3 is 2.50 bits per heavy atom. The summed E-state index contributed by atoms with van der Waals surface area (Å²) in [5.41, 5.74) is 7.80. The molecule has 0 aliphatic carbocycles. The van der Waals surface area contributed by atoms with Gasteiger partial charge in [0, 0.05) is 30.3 Å². The Morgan fingerprint density at radius 1 is 1.25 bits per heavy atom. The van der Waals surface area contributed by atoms with Gasteiger partial charge in [0.15, 0.2) is 0 Å². The minimum Gasteiger partial charge on any atom is -0.330 e. The highest BCUT2D eigenvalue weighted by Gasteiger charge is 2.10. The van der Waals surface area contributed by atoms with Crippen LogP contribution in [-0.2, 0) is 16.0 Å². The first-order valence-corrected chi connectivity index (χ1v) is 6.91. The van der Waals surface area contributed by atoms with Crippen molar-refractivity contribution in [1.29, 1.82) is 0 Å². The Kier molecular flexibility index (Phi) is 6.18. The Labute approximate surface area is 119 Å². The number of hydrogen-bond donors (Lipinski definition) is 3. The van der Waals surface area contributed by atoms with Gasteiger partial charge in [-0.1, -0.05) is 26.8 Å². The van der Waals surface area contributed by atoms with Gasteiger partial charge in [-0.25, -0.2) is 0 Å². The first kappa shape index (κ1) is 16.2. The minimum absolute atomic E-state index is 0.0477. The Hall–Kier alpha value is -1.88. The maximum absolute atomic E-state index is 11.7. The molecule has 0 aliphatic heterocycles. The van der Waals surface area contributed by atoms with Crippen LogP contribution in [0.15, 0.2) is 18.2 Å². The summed E-state index contributed by atoms with van der Waals surface area (Å²) in [4.78, 5) is 23.3. The van der Waals surface area contributed by atoms with Crippen LogP contribution in [0, 0.1) is 5.92 Å². The van der Waals surface area contributed by atoms with E-state index in [1.54, 1.807) is 6.07 Å². The number of benzene rings is 1. The van der Waals surface area contributed by atoms with Crippen molar-refractivity contribution in [2.24, 2.45) is 11.7 Å². The van der Waals surface area contributed by atoms with Gasteiger partial charge in [-0.05, 0) is 24.1 Å². The molecule has 4 N–H and O–H groups in total. The molecule has 0 heterocycles.